The highest BCUT2D eigenvalue weighted by molar-refractivity contribution is 5.89. The van der Waals surface area contributed by atoms with Crippen molar-refractivity contribution < 1.29 is 9.53 Å². The van der Waals surface area contributed by atoms with Crippen LogP contribution in [0, 0.1) is 5.92 Å². The fourth-order valence-electron chi connectivity index (χ4n) is 3.58. The van der Waals surface area contributed by atoms with E-state index in [0.29, 0.717) is 29.9 Å². The number of cyclic esters (lactones) is 1. The summed E-state index contributed by atoms with van der Waals surface area (Å²) >= 11 is 0. The van der Waals surface area contributed by atoms with Crippen LogP contribution >= 0.6 is 0 Å². The topological polar surface area (TPSA) is 122 Å². The number of anilines is 5. The molecule has 0 aliphatic carbocycles. The summed E-state index contributed by atoms with van der Waals surface area (Å²) in [5.41, 5.74) is 8.31. The molecule has 10 heteroatoms. The maximum Gasteiger partial charge on any atom is 0.415 e. The summed E-state index contributed by atoms with van der Waals surface area (Å²) < 4.78 is 5.23. The zero-order valence-electron chi connectivity index (χ0n) is 19.1. The van der Waals surface area contributed by atoms with Crippen LogP contribution in [0.3, 0.4) is 0 Å². The third-order valence-electron chi connectivity index (χ3n) is 5.62. The van der Waals surface area contributed by atoms with E-state index in [1.165, 1.54) is 0 Å². The third-order valence-corrected chi connectivity index (χ3v) is 5.62. The van der Waals surface area contributed by atoms with Gasteiger partial charge in [0.05, 0.1) is 30.2 Å². The second kappa shape index (κ2) is 9.27. The summed E-state index contributed by atoms with van der Waals surface area (Å²) in [7, 11) is 1.94. The first-order chi connectivity index (χ1) is 15.8. The molecule has 2 unspecified atom stereocenters. The van der Waals surface area contributed by atoms with Crippen molar-refractivity contribution in [2.24, 2.45) is 5.92 Å². The molecule has 0 bridgehead atoms. The molecule has 3 N–H and O–H groups in total. The van der Waals surface area contributed by atoms with E-state index in [-0.39, 0.29) is 18.0 Å². The highest BCUT2D eigenvalue weighted by Crippen LogP contribution is 2.27. The van der Waals surface area contributed by atoms with Crippen molar-refractivity contribution in [1.82, 2.24) is 19.9 Å². The minimum Gasteiger partial charge on any atom is -0.447 e. The molecule has 1 saturated heterocycles. The van der Waals surface area contributed by atoms with Gasteiger partial charge >= 0.3 is 6.09 Å². The van der Waals surface area contributed by atoms with Gasteiger partial charge in [-0.25, -0.2) is 19.7 Å². The van der Waals surface area contributed by atoms with Crippen LogP contribution in [0.4, 0.5) is 33.6 Å². The van der Waals surface area contributed by atoms with Gasteiger partial charge in [0, 0.05) is 24.6 Å². The predicted molar refractivity (Wildman–Crippen MR) is 127 cm³/mol. The quantitative estimate of drug-likeness (QED) is 0.520. The summed E-state index contributed by atoms with van der Waals surface area (Å²) in [6, 6.07) is 8.99. The van der Waals surface area contributed by atoms with Crippen LogP contribution in [0.15, 0.2) is 48.9 Å². The zero-order chi connectivity index (χ0) is 23.5. The molecule has 3 heterocycles. The number of aromatic nitrogens is 4. The molecule has 3 aromatic rings. The molecule has 33 heavy (non-hydrogen) atoms. The van der Waals surface area contributed by atoms with Gasteiger partial charge in [-0.1, -0.05) is 13.8 Å². The summed E-state index contributed by atoms with van der Waals surface area (Å²) in [6.45, 7) is 6.38. The Hall–Kier alpha value is -3.95. The Balaban J connectivity index is 1.46. The van der Waals surface area contributed by atoms with Crippen LogP contribution in [0.5, 0.6) is 0 Å². The number of hydrogen-bond acceptors (Lipinski definition) is 9. The van der Waals surface area contributed by atoms with Gasteiger partial charge in [-0.05, 0) is 43.2 Å². The van der Waals surface area contributed by atoms with Gasteiger partial charge in [0.15, 0.2) is 0 Å². The number of carbonyl (C=O) groups excluding carboxylic acids is 1. The predicted octanol–water partition coefficient (Wildman–Crippen LogP) is 3.77. The molecule has 4 rings (SSSR count). The monoisotopic (exact) mass is 448 g/mol. The number of nitrogens with zero attached hydrogens (tertiary/aromatic N) is 6. The molecule has 1 aliphatic heterocycles. The number of nitrogen functional groups attached to an aromatic ring is 1. The minimum absolute atomic E-state index is 0.0633. The smallest absolute Gasteiger partial charge is 0.415 e. The largest absolute Gasteiger partial charge is 0.447 e. The Morgan fingerprint density at radius 1 is 1.09 bits per heavy atom. The summed E-state index contributed by atoms with van der Waals surface area (Å²) in [5, 5.41) is 3.21. The second-order valence-corrected chi connectivity index (χ2v) is 8.31. The molecular weight excluding hydrogens is 420 g/mol. The first kappa shape index (κ1) is 22.3. The maximum absolute atomic E-state index is 12.2. The maximum atomic E-state index is 12.2. The number of ether oxygens (including phenoxy) is 1. The van der Waals surface area contributed by atoms with E-state index < -0.39 is 6.09 Å². The van der Waals surface area contributed by atoms with Crippen LogP contribution in [0.25, 0.3) is 0 Å². The molecule has 172 valence electrons. The normalized spacial score (nSPS) is 16.6. The summed E-state index contributed by atoms with van der Waals surface area (Å²) in [4.78, 5) is 33.6. The van der Waals surface area contributed by atoms with Crippen LogP contribution in [-0.4, -0.2) is 45.7 Å². The van der Waals surface area contributed by atoms with Crippen LogP contribution < -0.4 is 20.9 Å². The molecule has 1 fully saturated rings. The molecule has 1 aliphatic rings. The molecule has 1 aromatic carbocycles. The van der Waals surface area contributed by atoms with E-state index >= 15 is 0 Å². The minimum atomic E-state index is -0.393. The van der Waals surface area contributed by atoms with E-state index in [9.17, 15) is 4.79 Å². The van der Waals surface area contributed by atoms with Gasteiger partial charge in [-0.15, -0.1) is 0 Å². The Bertz CT molecular complexity index is 1100. The van der Waals surface area contributed by atoms with E-state index in [2.05, 4.69) is 25.3 Å². The molecule has 0 radical (unpaired) electrons. The molecule has 10 nitrogen and oxygen atoms in total. The fraction of sp³-hybridized carbons (Fsp3) is 0.348. The number of benzene rings is 1. The van der Waals surface area contributed by atoms with Crippen molar-refractivity contribution in [3.05, 3.63) is 54.7 Å². The van der Waals surface area contributed by atoms with Crippen molar-refractivity contribution in [2.45, 2.75) is 32.9 Å². The van der Waals surface area contributed by atoms with Gasteiger partial charge in [-0.3, -0.25) is 4.90 Å². The first-order valence-corrected chi connectivity index (χ1v) is 10.8. The third kappa shape index (κ3) is 4.79. The van der Waals surface area contributed by atoms with Crippen molar-refractivity contribution in [3.8, 4) is 0 Å². The van der Waals surface area contributed by atoms with Crippen LogP contribution in [0.1, 0.15) is 32.6 Å². The number of rotatable bonds is 7. The molecular formula is C23H28N8O2. The number of nitrogens with one attached hydrogen (secondary N) is 1. The first-order valence-electron chi connectivity index (χ1n) is 10.8. The lowest BCUT2D eigenvalue weighted by atomic mass is 10.0. The highest BCUT2D eigenvalue weighted by atomic mass is 16.6. The van der Waals surface area contributed by atoms with Gasteiger partial charge in [-0.2, -0.15) is 4.98 Å². The lowest BCUT2D eigenvalue weighted by Crippen LogP contribution is -2.37. The number of amides is 1. The van der Waals surface area contributed by atoms with Crippen molar-refractivity contribution in [2.75, 3.05) is 34.5 Å². The summed E-state index contributed by atoms with van der Waals surface area (Å²) in [6.07, 6.45) is 4.75. The van der Waals surface area contributed by atoms with Gasteiger partial charge in [0.1, 0.15) is 18.2 Å². The van der Waals surface area contributed by atoms with Gasteiger partial charge in [0.25, 0.3) is 0 Å². The van der Waals surface area contributed by atoms with Gasteiger partial charge < -0.3 is 20.7 Å². The number of carbonyl (C=O) groups is 1. The zero-order valence-corrected chi connectivity index (χ0v) is 19.1. The molecule has 0 saturated carbocycles. The number of hydrogen-bond donors (Lipinski definition) is 2. The standard InChI is InChI=1S/C23H28N8O2/c1-14(2)19-13-33-23(32)31(19)20-9-10-25-22(29-20)28-15(3)21-26-11-18(12-27-21)30(4)17-7-5-16(24)6-8-17/h5-12,14-15,19H,13,24H2,1-4H3,(H,25,28,29). The Morgan fingerprint density at radius 2 is 1.79 bits per heavy atom. The van der Waals surface area contributed by atoms with Crippen molar-refractivity contribution >= 4 is 34.9 Å². The lowest BCUT2D eigenvalue weighted by molar-refractivity contribution is 0.177. The average Bonchev–Trinajstić information content (AvgIpc) is 3.21. The highest BCUT2D eigenvalue weighted by Gasteiger charge is 2.37. The second-order valence-electron chi connectivity index (χ2n) is 8.31. The van der Waals surface area contributed by atoms with Gasteiger partial charge in [0.2, 0.25) is 5.95 Å². The van der Waals surface area contributed by atoms with E-state index in [4.69, 9.17) is 10.5 Å². The van der Waals surface area contributed by atoms with Crippen molar-refractivity contribution in [1.29, 1.82) is 0 Å². The van der Waals surface area contributed by atoms with E-state index in [0.717, 1.165) is 11.4 Å². The number of nitrogens with two attached hydrogens (primary N) is 1. The summed E-state index contributed by atoms with van der Waals surface area (Å²) in [5.74, 6) is 1.72. The van der Waals surface area contributed by atoms with Crippen LogP contribution in [0.2, 0.25) is 0 Å². The van der Waals surface area contributed by atoms with Crippen LogP contribution in [-0.2, 0) is 4.74 Å². The lowest BCUT2D eigenvalue weighted by Gasteiger charge is -2.23. The molecule has 2 aromatic heterocycles. The molecule has 2 atom stereocenters. The van der Waals surface area contributed by atoms with E-state index in [1.54, 1.807) is 29.6 Å². The van der Waals surface area contributed by atoms with E-state index in [1.807, 2.05) is 57.0 Å². The fourth-order valence-corrected chi connectivity index (χ4v) is 3.58. The molecule has 1 amide bonds. The SMILES string of the molecule is CC(Nc1nccc(N2C(=O)OCC2C(C)C)n1)c1ncc(N(C)c2ccc(N)cc2)cn1. The molecule has 0 spiro atoms. The average molecular weight is 449 g/mol. The van der Waals surface area contributed by atoms with Crippen molar-refractivity contribution in [3.63, 3.8) is 0 Å². The Labute approximate surface area is 192 Å². The Morgan fingerprint density at radius 3 is 2.45 bits per heavy atom. The Kier molecular flexibility index (Phi) is 6.25.